The molecule has 1 aromatic heterocycles. The van der Waals surface area contributed by atoms with Gasteiger partial charge in [-0.3, -0.25) is 9.59 Å². The molecule has 1 aliphatic rings. The van der Waals surface area contributed by atoms with E-state index in [9.17, 15) is 9.59 Å². The lowest BCUT2D eigenvalue weighted by atomic mass is 9.99. The van der Waals surface area contributed by atoms with Crippen molar-refractivity contribution in [2.24, 2.45) is 0 Å². The molecule has 1 atom stereocenters. The number of hydrogen-bond acceptors (Lipinski definition) is 4. The third-order valence-electron chi connectivity index (χ3n) is 5.12. The lowest BCUT2D eigenvalue weighted by molar-refractivity contribution is -0.122. The van der Waals surface area contributed by atoms with Crippen molar-refractivity contribution in [3.05, 3.63) is 69.6 Å². The number of benzene rings is 2. The van der Waals surface area contributed by atoms with Gasteiger partial charge in [0.1, 0.15) is 11.4 Å². The molecular weight excluding hydrogens is 354 g/mol. The highest BCUT2D eigenvalue weighted by atomic mass is 16.5. The summed E-state index contributed by atoms with van der Waals surface area (Å²) in [6.45, 7) is 6.36. The standard InChI is InChI=1S/C22H23N3O3/c1-13(19-16-6-4-5-7-17(16)21(27)25-24-19)20(26)23-12-14-8-9-18-15(10-14)11-22(2,3)28-18/h4-10,13H,11-12H2,1-3H3,(H,23,26)(H,25,27)/t13-/m0/s1. The van der Waals surface area contributed by atoms with Gasteiger partial charge in [0.25, 0.3) is 5.56 Å². The highest BCUT2D eigenvalue weighted by Gasteiger charge is 2.30. The summed E-state index contributed by atoms with van der Waals surface area (Å²) in [4.78, 5) is 24.7. The maximum absolute atomic E-state index is 12.7. The molecule has 1 aliphatic heterocycles. The Bertz CT molecular complexity index is 1120. The third-order valence-corrected chi connectivity index (χ3v) is 5.12. The molecule has 28 heavy (non-hydrogen) atoms. The van der Waals surface area contributed by atoms with E-state index in [0.29, 0.717) is 23.0 Å². The number of nitrogens with zero attached hydrogens (tertiary/aromatic N) is 1. The first-order valence-corrected chi connectivity index (χ1v) is 9.40. The Labute approximate surface area is 162 Å². The molecule has 0 spiro atoms. The van der Waals surface area contributed by atoms with Gasteiger partial charge in [-0.25, -0.2) is 5.10 Å². The molecule has 0 fully saturated rings. The van der Waals surface area contributed by atoms with E-state index in [4.69, 9.17) is 4.74 Å². The minimum Gasteiger partial charge on any atom is -0.487 e. The van der Waals surface area contributed by atoms with Crippen molar-refractivity contribution >= 4 is 16.7 Å². The van der Waals surface area contributed by atoms with Gasteiger partial charge in [-0.15, -0.1) is 0 Å². The summed E-state index contributed by atoms with van der Waals surface area (Å²) in [5.74, 6) is 0.289. The van der Waals surface area contributed by atoms with Crippen LogP contribution in [0.1, 0.15) is 43.5 Å². The van der Waals surface area contributed by atoms with Crippen LogP contribution in [0.25, 0.3) is 10.8 Å². The molecule has 4 rings (SSSR count). The summed E-state index contributed by atoms with van der Waals surface area (Å²) in [6.07, 6.45) is 0.855. The van der Waals surface area contributed by atoms with Crippen molar-refractivity contribution in [2.45, 2.75) is 45.3 Å². The number of fused-ring (bicyclic) bond motifs is 2. The van der Waals surface area contributed by atoms with Crippen molar-refractivity contribution < 1.29 is 9.53 Å². The van der Waals surface area contributed by atoms with Crippen molar-refractivity contribution in [3.63, 3.8) is 0 Å². The average Bonchev–Trinajstić information content (AvgIpc) is 2.99. The van der Waals surface area contributed by atoms with Crippen LogP contribution in [0.4, 0.5) is 0 Å². The third kappa shape index (κ3) is 3.38. The van der Waals surface area contributed by atoms with Crippen molar-refractivity contribution in [1.29, 1.82) is 0 Å². The number of carbonyl (C=O) groups is 1. The van der Waals surface area contributed by atoms with Crippen LogP contribution >= 0.6 is 0 Å². The normalized spacial score (nSPS) is 15.7. The van der Waals surface area contributed by atoms with Crippen LogP contribution in [-0.4, -0.2) is 21.7 Å². The van der Waals surface area contributed by atoms with Gasteiger partial charge in [-0.1, -0.05) is 30.3 Å². The molecule has 144 valence electrons. The minimum atomic E-state index is -0.488. The molecule has 2 N–H and O–H groups in total. The van der Waals surface area contributed by atoms with Gasteiger partial charge in [0.05, 0.1) is 17.0 Å². The topological polar surface area (TPSA) is 84.1 Å². The molecule has 0 unspecified atom stereocenters. The molecule has 2 heterocycles. The maximum atomic E-state index is 12.7. The molecule has 0 aliphatic carbocycles. The summed E-state index contributed by atoms with van der Waals surface area (Å²) < 4.78 is 5.90. The number of aromatic amines is 1. The zero-order chi connectivity index (χ0) is 19.9. The average molecular weight is 377 g/mol. The second-order valence-corrected chi connectivity index (χ2v) is 7.90. The van der Waals surface area contributed by atoms with Gasteiger partial charge in [0, 0.05) is 18.4 Å². The first-order valence-electron chi connectivity index (χ1n) is 9.40. The zero-order valence-electron chi connectivity index (χ0n) is 16.2. The number of ether oxygens (including phenoxy) is 1. The van der Waals surface area contributed by atoms with Crippen LogP contribution in [0.2, 0.25) is 0 Å². The lowest BCUT2D eigenvalue weighted by Crippen LogP contribution is -2.29. The fraction of sp³-hybridized carbons (Fsp3) is 0.318. The molecule has 0 radical (unpaired) electrons. The molecular formula is C22H23N3O3. The number of nitrogens with one attached hydrogen (secondary N) is 2. The van der Waals surface area contributed by atoms with E-state index in [1.54, 1.807) is 19.1 Å². The van der Waals surface area contributed by atoms with Crippen LogP contribution in [0.15, 0.2) is 47.3 Å². The second-order valence-electron chi connectivity index (χ2n) is 7.90. The van der Waals surface area contributed by atoms with Crippen LogP contribution < -0.4 is 15.6 Å². The Morgan fingerprint density at radius 3 is 2.79 bits per heavy atom. The van der Waals surface area contributed by atoms with E-state index in [1.807, 2.05) is 24.3 Å². The molecule has 0 saturated heterocycles. The summed E-state index contributed by atoms with van der Waals surface area (Å²) in [5.41, 5.74) is 2.32. The summed E-state index contributed by atoms with van der Waals surface area (Å²) >= 11 is 0. The van der Waals surface area contributed by atoms with Crippen LogP contribution in [0.3, 0.4) is 0 Å². The second kappa shape index (κ2) is 6.78. The molecule has 3 aromatic rings. The van der Waals surface area contributed by atoms with Gasteiger partial charge in [0.15, 0.2) is 0 Å². The van der Waals surface area contributed by atoms with Gasteiger partial charge in [0.2, 0.25) is 5.91 Å². The zero-order valence-corrected chi connectivity index (χ0v) is 16.2. The highest BCUT2D eigenvalue weighted by Crippen LogP contribution is 2.35. The fourth-order valence-electron chi connectivity index (χ4n) is 3.71. The van der Waals surface area contributed by atoms with Crippen LogP contribution in [0, 0.1) is 0 Å². The number of H-pyrrole nitrogens is 1. The largest absolute Gasteiger partial charge is 0.487 e. The molecule has 1 amide bonds. The Hall–Kier alpha value is -3.15. The molecule has 0 bridgehead atoms. The predicted octanol–water partition coefficient (Wildman–Crippen LogP) is 3.06. The molecule has 0 saturated carbocycles. The Balaban J connectivity index is 1.50. The molecule has 6 heteroatoms. The van der Waals surface area contributed by atoms with Crippen molar-refractivity contribution in [3.8, 4) is 5.75 Å². The van der Waals surface area contributed by atoms with Gasteiger partial charge in [-0.2, -0.15) is 5.10 Å². The predicted molar refractivity (Wildman–Crippen MR) is 107 cm³/mol. The highest BCUT2D eigenvalue weighted by molar-refractivity contribution is 5.90. The summed E-state index contributed by atoms with van der Waals surface area (Å²) in [7, 11) is 0. The number of hydrogen-bond donors (Lipinski definition) is 2. The summed E-state index contributed by atoms with van der Waals surface area (Å²) in [6, 6.07) is 13.2. The van der Waals surface area contributed by atoms with E-state index in [-0.39, 0.29) is 17.1 Å². The number of carbonyl (C=O) groups excluding carboxylic acids is 1. The van der Waals surface area contributed by atoms with Crippen LogP contribution in [0.5, 0.6) is 5.75 Å². The van der Waals surface area contributed by atoms with Crippen molar-refractivity contribution in [2.75, 3.05) is 0 Å². The first kappa shape index (κ1) is 18.2. The van der Waals surface area contributed by atoms with E-state index in [0.717, 1.165) is 23.3 Å². The van der Waals surface area contributed by atoms with Crippen molar-refractivity contribution in [1.82, 2.24) is 15.5 Å². The Kier molecular flexibility index (Phi) is 4.41. The van der Waals surface area contributed by atoms with Gasteiger partial charge < -0.3 is 10.1 Å². The smallest absolute Gasteiger partial charge is 0.272 e. The number of aromatic nitrogens is 2. The van der Waals surface area contributed by atoms with Gasteiger partial charge >= 0.3 is 0 Å². The SMILES string of the molecule is C[C@H](C(=O)NCc1ccc2c(c1)CC(C)(C)O2)c1n[nH]c(=O)c2ccccc12. The van der Waals surface area contributed by atoms with E-state index >= 15 is 0 Å². The van der Waals surface area contributed by atoms with Crippen LogP contribution in [-0.2, 0) is 17.8 Å². The Morgan fingerprint density at radius 2 is 2.00 bits per heavy atom. The lowest BCUT2D eigenvalue weighted by Gasteiger charge is -2.16. The quantitative estimate of drug-likeness (QED) is 0.732. The van der Waals surface area contributed by atoms with Gasteiger partial charge in [-0.05, 0) is 44.0 Å². The number of rotatable bonds is 4. The fourth-order valence-corrected chi connectivity index (χ4v) is 3.71. The van der Waals surface area contributed by atoms with E-state index in [2.05, 4.69) is 35.4 Å². The minimum absolute atomic E-state index is 0.137. The molecule has 2 aromatic carbocycles. The Morgan fingerprint density at radius 1 is 1.25 bits per heavy atom. The first-order chi connectivity index (χ1) is 13.3. The maximum Gasteiger partial charge on any atom is 0.272 e. The summed E-state index contributed by atoms with van der Waals surface area (Å²) in [5, 5.41) is 10.8. The number of amides is 1. The monoisotopic (exact) mass is 377 g/mol. The van der Waals surface area contributed by atoms with E-state index < -0.39 is 5.92 Å². The van der Waals surface area contributed by atoms with E-state index in [1.165, 1.54) is 0 Å². The molecule has 6 nitrogen and oxygen atoms in total.